The van der Waals surface area contributed by atoms with Gasteiger partial charge in [0, 0.05) is 0 Å². The van der Waals surface area contributed by atoms with E-state index in [0.717, 1.165) is 12.8 Å². The van der Waals surface area contributed by atoms with Crippen LogP contribution in [-0.4, -0.2) is 0 Å². The molecule has 0 bridgehead atoms. The average Bonchev–Trinajstić information content (AvgIpc) is 1.93. The van der Waals surface area contributed by atoms with Crippen LogP contribution in [0.25, 0.3) is 12.2 Å². The van der Waals surface area contributed by atoms with Crippen LogP contribution in [0.4, 0.5) is 0 Å². The third-order valence-corrected chi connectivity index (χ3v) is 22.7. The smallest absolute Gasteiger partial charge is 0.00882 e. The zero-order valence-electron chi connectivity index (χ0n) is 79.0. The van der Waals surface area contributed by atoms with Crippen LogP contribution in [0, 0.1) is 71.0 Å². The Morgan fingerprint density at radius 1 is 0.154 bits per heavy atom. The summed E-state index contributed by atoms with van der Waals surface area (Å²) < 4.78 is 0. The Balaban J connectivity index is -0.000000160. The lowest BCUT2D eigenvalue weighted by Crippen LogP contribution is -2.12. The quantitative estimate of drug-likeness (QED) is 0.247. The lowest BCUT2D eigenvalue weighted by Gasteiger charge is -2.24. The van der Waals surface area contributed by atoms with Crippen molar-refractivity contribution in [3.05, 3.63) is 82.9 Å². The topological polar surface area (TPSA) is 0 Å². The summed E-state index contributed by atoms with van der Waals surface area (Å²) in [7, 11) is 0. The van der Waals surface area contributed by atoms with E-state index in [1.165, 1.54) is 209 Å². The maximum atomic E-state index is 2.20. The molecule has 624 valence electrons. The first kappa shape index (κ1) is 118. The number of fused-ring (bicyclic) bond motifs is 8. The Morgan fingerprint density at radius 2 is 0.269 bits per heavy atom. The van der Waals surface area contributed by atoms with E-state index in [1.807, 2.05) is 222 Å². The molecule has 0 N–H and O–H groups in total. The van der Waals surface area contributed by atoms with Crippen molar-refractivity contribution in [3.8, 4) is 0 Å². The highest BCUT2D eigenvalue weighted by atomic mass is 14.4. The number of benzene rings is 2. The Bertz CT molecular complexity index is 1520. The summed E-state index contributed by atoms with van der Waals surface area (Å²) in [5.74, 6) is 14.0. The Kier molecular flexibility index (Phi) is 110. The molecule has 0 aliphatic heterocycles. The van der Waals surface area contributed by atoms with Crippen molar-refractivity contribution < 1.29 is 0 Å². The zero-order valence-corrected chi connectivity index (χ0v) is 79.0. The fourth-order valence-electron chi connectivity index (χ4n) is 18.5. The van der Waals surface area contributed by atoms with Gasteiger partial charge in [0.15, 0.2) is 0 Å². The van der Waals surface area contributed by atoms with E-state index in [4.69, 9.17) is 0 Å². The highest BCUT2D eigenvalue weighted by Crippen LogP contribution is 2.46. The second kappa shape index (κ2) is 97.0. The molecule has 0 aromatic heterocycles. The molecule has 0 heterocycles. The van der Waals surface area contributed by atoms with Gasteiger partial charge >= 0.3 is 0 Å². The number of allylic oxidation sites excluding steroid dienone is 2. The van der Waals surface area contributed by atoms with E-state index in [-0.39, 0.29) is 0 Å². The summed E-state index contributed by atoms with van der Waals surface area (Å²) in [6, 6.07) is 17.0. The molecule has 16 rings (SSSR count). The lowest BCUT2D eigenvalue weighted by atomic mass is 9.82. The molecule has 0 nitrogen and oxygen atoms in total. The van der Waals surface area contributed by atoms with Gasteiger partial charge in [0.2, 0.25) is 0 Å². The SMILES string of the molecule is C1=Cc2ccccc2C1.C1=Cc2ccccc2C1.C1CCC2CCCC2C1.C1CCC2CCCC2C1.C1CCC2CCCC2C1.C1CCC2CCCC2C1.C1CCC2CCCC2C1.C1CCC2CCCC2C1.CC.CC.CC.CC.CC.CC.CC.CC.CC.CC.CC.CC.CC.CC.CC.CC. The normalized spacial score (nSPS) is 25.5. The maximum Gasteiger partial charge on any atom is -0.00882 e. The molecule has 12 unspecified atom stereocenters. The number of hydrogen-bond donors (Lipinski definition) is 0. The largest absolute Gasteiger partial charge is 0.0795 e. The van der Waals surface area contributed by atoms with Gasteiger partial charge in [-0.3, -0.25) is 0 Å². The van der Waals surface area contributed by atoms with Crippen LogP contribution in [0.1, 0.15) is 513 Å². The van der Waals surface area contributed by atoms with Crippen LogP contribution < -0.4 is 0 Å². The van der Waals surface area contributed by atoms with Gasteiger partial charge in [-0.05, 0) is 106 Å². The van der Waals surface area contributed by atoms with E-state index in [9.17, 15) is 0 Å². The van der Waals surface area contributed by atoms with E-state index >= 15 is 0 Å². The molecule has 0 heteroatoms. The third kappa shape index (κ3) is 54.5. The second-order valence-corrected chi connectivity index (χ2v) is 27.0. The van der Waals surface area contributed by atoms with Crippen LogP contribution in [0.5, 0.6) is 0 Å². The van der Waals surface area contributed by atoms with Crippen molar-refractivity contribution in [1.29, 1.82) is 0 Å². The molecule has 12 saturated carbocycles. The maximum absolute atomic E-state index is 2.20. The van der Waals surface area contributed by atoms with Crippen LogP contribution in [0.2, 0.25) is 0 Å². The van der Waals surface area contributed by atoms with Crippen molar-refractivity contribution in [2.45, 2.75) is 504 Å². The molecule has 0 amide bonds. The molecule has 0 spiro atoms. The van der Waals surface area contributed by atoms with Crippen LogP contribution in [0.3, 0.4) is 0 Å². The molecular formula is C104H208. The van der Waals surface area contributed by atoms with E-state index < -0.39 is 0 Å². The highest BCUT2D eigenvalue weighted by Gasteiger charge is 2.33. The van der Waals surface area contributed by atoms with E-state index in [1.54, 1.807) is 154 Å². The molecule has 14 aliphatic carbocycles. The first-order valence-electron chi connectivity index (χ1n) is 49.2. The summed E-state index contributed by atoms with van der Waals surface area (Å²) in [4.78, 5) is 0. The summed E-state index contributed by atoms with van der Waals surface area (Å²) in [5.41, 5.74) is 5.69. The standard InChI is InChI=1S/6C9H16.2C9H8.16C2H6/c8*1-2-5-9-7-3-6-8(9)4-1;16*1-2/h6*8-9H,1-7H2;2*1-6H,7H2;16*1-2H3. The monoisotopic (exact) mass is 1460 g/mol. The summed E-state index contributed by atoms with van der Waals surface area (Å²) in [6.07, 6.45) is 76.0. The molecule has 12 fully saturated rings. The number of hydrogen-bond acceptors (Lipinski definition) is 0. The van der Waals surface area contributed by atoms with Crippen LogP contribution in [-0.2, 0) is 12.8 Å². The zero-order chi connectivity index (χ0) is 80.8. The molecule has 14 aliphatic rings. The lowest BCUT2D eigenvalue weighted by molar-refractivity contribution is 0.277. The Labute approximate surface area is 666 Å². The fourth-order valence-corrected chi connectivity index (χ4v) is 18.5. The van der Waals surface area contributed by atoms with Gasteiger partial charge in [-0.1, -0.05) is 564 Å². The third-order valence-electron chi connectivity index (χ3n) is 22.7. The molecule has 104 heavy (non-hydrogen) atoms. The Morgan fingerprint density at radius 3 is 0.394 bits per heavy atom. The molecule has 2 aromatic rings. The van der Waals surface area contributed by atoms with Gasteiger partial charge < -0.3 is 0 Å². The first-order chi connectivity index (χ1) is 51.7. The van der Waals surface area contributed by atoms with Gasteiger partial charge in [-0.2, -0.15) is 0 Å². The van der Waals surface area contributed by atoms with Gasteiger partial charge in [0.1, 0.15) is 0 Å². The molecule has 0 saturated heterocycles. The predicted octanol–water partition coefficient (Wildman–Crippen LogP) is 38.8. The Hall–Kier alpha value is -2.08. The number of rotatable bonds is 0. The molecule has 12 atom stereocenters. The highest BCUT2D eigenvalue weighted by molar-refractivity contribution is 5.60. The average molecular weight is 1460 g/mol. The molecule has 2 aromatic carbocycles. The van der Waals surface area contributed by atoms with Crippen molar-refractivity contribution in [3.63, 3.8) is 0 Å². The summed E-state index contributed by atoms with van der Waals surface area (Å²) >= 11 is 0. The van der Waals surface area contributed by atoms with Gasteiger partial charge in [-0.15, -0.1) is 0 Å². The first-order valence-corrected chi connectivity index (χ1v) is 49.2. The minimum atomic E-state index is 1.12. The van der Waals surface area contributed by atoms with Crippen molar-refractivity contribution in [2.75, 3.05) is 0 Å². The van der Waals surface area contributed by atoms with E-state index in [2.05, 4.69) is 72.8 Å². The van der Waals surface area contributed by atoms with Gasteiger partial charge in [-0.25, -0.2) is 0 Å². The predicted molar refractivity (Wildman–Crippen MR) is 496 cm³/mol. The summed E-state index contributed by atoms with van der Waals surface area (Å²) in [6.45, 7) is 64.0. The van der Waals surface area contributed by atoms with Crippen LogP contribution in [0.15, 0.2) is 60.7 Å². The second-order valence-electron chi connectivity index (χ2n) is 27.0. The fraction of sp³-hybridized carbons (Fsp3) is 0.846. The summed E-state index contributed by atoms with van der Waals surface area (Å²) in [5, 5.41) is 0. The van der Waals surface area contributed by atoms with Crippen molar-refractivity contribution in [1.82, 2.24) is 0 Å². The molecule has 0 radical (unpaired) electrons. The minimum absolute atomic E-state index is 1.12. The van der Waals surface area contributed by atoms with Gasteiger partial charge in [0.05, 0.1) is 0 Å². The van der Waals surface area contributed by atoms with Crippen LogP contribution >= 0.6 is 0 Å². The van der Waals surface area contributed by atoms with E-state index in [0.29, 0.717) is 0 Å². The van der Waals surface area contributed by atoms with Gasteiger partial charge in [0.25, 0.3) is 0 Å². The van der Waals surface area contributed by atoms with Crippen molar-refractivity contribution >= 4 is 12.2 Å². The minimum Gasteiger partial charge on any atom is -0.0795 e. The van der Waals surface area contributed by atoms with Crippen molar-refractivity contribution in [2.24, 2.45) is 71.0 Å². The molecular weight excluding hydrogens is 1250 g/mol.